The van der Waals surface area contributed by atoms with E-state index in [-0.39, 0.29) is 18.7 Å². The molecule has 1 atom stereocenters. The van der Waals surface area contributed by atoms with Crippen LogP contribution in [0.25, 0.3) is 0 Å². The summed E-state index contributed by atoms with van der Waals surface area (Å²) in [4.78, 5) is 13.3. The molecule has 0 aromatic heterocycles. The van der Waals surface area contributed by atoms with E-state index in [0.717, 1.165) is 27.1 Å². The molecule has 2 aliphatic rings. The van der Waals surface area contributed by atoms with Crippen LogP contribution in [0.3, 0.4) is 0 Å². The van der Waals surface area contributed by atoms with Crippen LogP contribution >= 0.6 is 15.9 Å². The smallest absolute Gasteiger partial charge is 0.274 e. The average Bonchev–Trinajstić information content (AvgIpc) is 3.41. The lowest BCUT2D eigenvalue weighted by Crippen LogP contribution is -2.27. The van der Waals surface area contributed by atoms with Crippen molar-refractivity contribution in [2.45, 2.75) is 12.5 Å². The third-order valence-corrected chi connectivity index (χ3v) is 5.63. The van der Waals surface area contributed by atoms with Crippen molar-refractivity contribution in [1.29, 1.82) is 0 Å². The molecule has 0 aliphatic carbocycles. The van der Waals surface area contributed by atoms with Gasteiger partial charge in [-0.2, -0.15) is 5.10 Å². The number of carbonyl (C=O) groups excluding carboxylic acids is 1. The van der Waals surface area contributed by atoms with Crippen LogP contribution in [-0.4, -0.2) is 23.4 Å². The zero-order valence-electron chi connectivity index (χ0n) is 15.4. The van der Waals surface area contributed by atoms with Crippen molar-refractivity contribution < 1.29 is 14.3 Å². The van der Waals surface area contributed by atoms with E-state index in [4.69, 9.17) is 14.6 Å². The number of ether oxygens (including phenoxy) is 2. The Morgan fingerprint density at radius 1 is 0.966 bits per heavy atom. The van der Waals surface area contributed by atoms with Crippen LogP contribution in [0.4, 0.5) is 0 Å². The van der Waals surface area contributed by atoms with Crippen LogP contribution in [0.5, 0.6) is 11.5 Å². The summed E-state index contributed by atoms with van der Waals surface area (Å²) in [6, 6.07) is 22.9. The number of hydrazone groups is 1. The Morgan fingerprint density at radius 2 is 1.72 bits per heavy atom. The second-order valence-corrected chi connectivity index (χ2v) is 7.82. The molecule has 1 amide bonds. The highest BCUT2D eigenvalue weighted by Gasteiger charge is 2.34. The van der Waals surface area contributed by atoms with Crippen LogP contribution in [0.1, 0.15) is 33.9 Å². The molecule has 0 spiro atoms. The highest BCUT2D eigenvalue weighted by molar-refractivity contribution is 9.10. The minimum absolute atomic E-state index is 0.133. The van der Waals surface area contributed by atoms with Crippen LogP contribution in [0.2, 0.25) is 0 Å². The maximum absolute atomic E-state index is 13.3. The molecule has 3 aromatic carbocycles. The summed E-state index contributed by atoms with van der Waals surface area (Å²) in [5.41, 5.74) is 3.47. The van der Waals surface area contributed by atoms with E-state index >= 15 is 0 Å². The minimum atomic E-state index is -0.212. The second kappa shape index (κ2) is 7.37. The number of benzene rings is 3. The quantitative estimate of drug-likeness (QED) is 0.555. The third kappa shape index (κ3) is 3.40. The minimum Gasteiger partial charge on any atom is -0.454 e. The van der Waals surface area contributed by atoms with Crippen molar-refractivity contribution in [3.05, 3.63) is 94.0 Å². The van der Waals surface area contributed by atoms with Gasteiger partial charge in [0.05, 0.1) is 11.8 Å². The van der Waals surface area contributed by atoms with Gasteiger partial charge in [0.25, 0.3) is 5.91 Å². The number of amides is 1. The maximum Gasteiger partial charge on any atom is 0.274 e. The van der Waals surface area contributed by atoms with E-state index in [1.54, 1.807) is 17.1 Å². The van der Waals surface area contributed by atoms with E-state index in [9.17, 15) is 4.79 Å². The van der Waals surface area contributed by atoms with Gasteiger partial charge in [0.1, 0.15) is 0 Å². The summed E-state index contributed by atoms with van der Waals surface area (Å²) in [5, 5.41) is 6.31. The monoisotopic (exact) mass is 448 g/mol. The lowest BCUT2D eigenvalue weighted by molar-refractivity contribution is 0.0711. The molecule has 5 rings (SSSR count). The molecule has 6 heteroatoms. The van der Waals surface area contributed by atoms with Crippen molar-refractivity contribution in [3.63, 3.8) is 0 Å². The Morgan fingerprint density at radius 3 is 2.52 bits per heavy atom. The van der Waals surface area contributed by atoms with Crippen LogP contribution in [-0.2, 0) is 0 Å². The zero-order chi connectivity index (χ0) is 19.8. The Labute approximate surface area is 176 Å². The molecular weight excluding hydrogens is 432 g/mol. The first kappa shape index (κ1) is 17.9. The lowest BCUT2D eigenvalue weighted by atomic mass is 9.98. The van der Waals surface area contributed by atoms with Gasteiger partial charge >= 0.3 is 0 Å². The van der Waals surface area contributed by atoms with Gasteiger partial charge in [-0.1, -0.05) is 52.3 Å². The SMILES string of the molecule is O=C(c1ccc(Br)cc1)N1N=C(c2ccccc2)CC1c1ccc2c(c1)OCO2. The molecular formula is C23H17BrN2O3. The molecule has 0 saturated carbocycles. The van der Waals surface area contributed by atoms with Crippen LogP contribution < -0.4 is 9.47 Å². The Bertz CT molecular complexity index is 1100. The van der Waals surface area contributed by atoms with Crippen molar-refractivity contribution >= 4 is 27.5 Å². The van der Waals surface area contributed by atoms with Gasteiger partial charge in [-0.15, -0.1) is 0 Å². The van der Waals surface area contributed by atoms with Crippen LogP contribution in [0.15, 0.2) is 82.4 Å². The molecule has 5 nitrogen and oxygen atoms in total. The first-order valence-electron chi connectivity index (χ1n) is 9.30. The third-order valence-electron chi connectivity index (χ3n) is 5.10. The summed E-state index contributed by atoms with van der Waals surface area (Å²) < 4.78 is 11.9. The van der Waals surface area contributed by atoms with Crippen molar-refractivity contribution in [2.24, 2.45) is 5.10 Å². The molecule has 29 heavy (non-hydrogen) atoms. The highest BCUT2D eigenvalue weighted by atomic mass is 79.9. The summed E-state index contributed by atoms with van der Waals surface area (Å²) >= 11 is 3.42. The van der Waals surface area contributed by atoms with Crippen molar-refractivity contribution in [3.8, 4) is 11.5 Å². The van der Waals surface area contributed by atoms with E-state index < -0.39 is 0 Å². The van der Waals surface area contributed by atoms with Crippen molar-refractivity contribution in [2.75, 3.05) is 6.79 Å². The summed E-state index contributed by atoms with van der Waals surface area (Å²) in [6.45, 7) is 0.219. The number of rotatable bonds is 3. The predicted octanol–water partition coefficient (Wildman–Crippen LogP) is 5.17. The molecule has 3 aromatic rings. The second-order valence-electron chi connectivity index (χ2n) is 6.90. The van der Waals surface area contributed by atoms with Gasteiger partial charge < -0.3 is 9.47 Å². The highest BCUT2D eigenvalue weighted by Crippen LogP contribution is 2.39. The predicted molar refractivity (Wildman–Crippen MR) is 113 cm³/mol. The fourth-order valence-corrected chi connectivity index (χ4v) is 3.87. The van der Waals surface area contributed by atoms with Gasteiger partial charge in [-0.3, -0.25) is 4.79 Å². The maximum atomic E-state index is 13.3. The fraction of sp³-hybridized carbons (Fsp3) is 0.130. The average molecular weight is 449 g/mol. The molecule has 0 N–H and O–H groups in total. The molecule has 2 aliphatic heterocycles. The van der Waals surface area contributed by atoms with Crippen molar-refractivity contribution in [1.82, 2.24) is 5.01 Å². The topological polar surface area (TPSA) is 51.1 Å². The normalized spacial score (nSPS) is 17.3. The fourth-order valence-electron chi connectivity index (χ4n) is 3.61. The molecule has 0 radical (unpaired) electrons. The molecule has 0 saturated heterocycles. The first-order valence-corrected chi connectivity index (χ1v) is 10.1. The summed E-state index contributed by atoms with van der Waals surface area (Å²) in [5.74, 6) is 1.29. The number of carbonyl (C=O) groups is 1. The van der Waals surface area contributed by atoms with Gasteiger partial charge in [-0.05, 0) is 47.5 Å². The number of halogens is 1. The van der Waals surface area contributed by atoms with E-state index in [1.165, 1.54) is 0 Å². The molecule has 1 unspecified atom stereocenters. The summed E-state index contributed by atoms with van der Waals surface area (Å²) in [6.07, 6.45) is 0.631. The lowest BCUT2D eigenvalue weighted by Gasteiger charge is -2.22. The molecule has 144 valence electrons. The Hall–Kier alpha value is -3.12. The summed E-state index contributed by atoms with van der Waals surface area (Å²) in [7, 11) is 0. The molecule has 0 fully saturated rings. The Kier molecular flexibility index (Phi) is 4.56. The van der Waals surface area contributed by atoms with E-state index in [1.807, 2.05) is 60.7 Å². The molecule has 0 bridgehead atoms. The Balaban J connectivity index is 1.53. The van der Waals surface area contributed by atoms with Gasteiger partial charge in [-0.25, -0.2) is 5.01 Å². The number of nitrogens with zero attached hydrogens (tertiary/aromatic N) is 2. The number of hydrogen-bond donors (Lipinski definition) is 0. The van der Waals surface area contributed by atoms with Gasteiger partial charge in [0, 0.05) is 16.5 Å². The van der Waals surface area contributed by atoms with E-state index in [2.05, 4.69) is 15.9 Å². The number of hydrogen-bond acceptors (Lipinski definition) is 4. The zero-order valence-corrected chi connectivity index (χ0v) is 17.0. The number of fused-ring (bicyclic) bond motifs is 1. The standard InChI is InChI=1S/C23H17BrN2O3/c24-18-9-6-16(7-10-18)23(27)26-20(13-19(25-26)15-4-2-1-3-5-15)17-8-11-21-22(12-17)29-14-28-21/h1-12,20H,13-14H2. The largest absolute Gasteiger partial charge is 0.454 e. The molecule has 2 heterocycles. The first-order chi connectivity index (χ1) is 14.2. The van der Waals surface area contributed by atoms with Crippen LogP contribution in [0, 0.1) is 0 Å². The van der Waals surface area contributed by atoms with E-state index in [0.29, 0.717) is 17.7 Å². The van der Waals surface area contributed by atoms with Gasteiger partial charge in [0.15, 0.2) is 11.5 Å². The van der Waals surface area contributed by atoms with Gasteiger partial charge in [0.2, 0.25) is 6.79 Å².